The molecule has 98 valence electrons. The standard InChI is InChI=1S/C10H18N2O4S/c1-16-8-7-12-6-5-11(10-12)4-2-3-9-17(13,14)15/h5-6,10H,2-4,7-9H2,1H3. The zero-order chi connectivity index (χ0) is 12.7. The number of hydrogen-bond acceptors (Lipinski definition) is 4. The second kappa shape index (κ2) is 6.73. The monoisotopic (exact) mass is 262 g/mol. The van der Waals surface area contributed by atoms with Crippen molar-refractivity contribution in [2.24, 2.45) is 0 Å². The highest BCUT2D eigenvalue weighted by Crippen LogP contribution is 1.94. The molecule has 0 aliphatic carbocycles. The van der Waals surface area contributed by atoms with Crippen molar-refractivity contribution in [3.8, 4) is 0 Å². The predicted octanol–water partition coefficient (Wildman–Crippen LogP) is -0.253. The van der Waals surface area contributed by atoms with E-state index in [4.69, 9.17) is 4.74 Å². The first-order valence-electron chi connectivity index (χ1n) is 5.48. The molecule has 0 atom stereocenters. The molecule has 6 nitrogen and oxygen atoms in total. The molecule has 1 aromatic rings. The summed E-state index contributed by atoms with van der Waals surface area (Å²) in [6.07, 6.45) is 6.87. The molecule has 0 fully saturated rings. The van der Waals surface area contributed by atoms with Crippen molar-refractivity contribution in [2.75, 3.05) is 19.5 Å². The lowest BCUT2D eigenvalue weighted by Crippen LogP contribution is -2.31. The lowest BCUT2D eigenvalue weighted by Gasteiger charge is -2.04. The van der Waals surface area contributed by atoms with E-state index >= 15 is 0 Å². The molecule has 0 unspecified atom stereocenters. The summed E-state index contributed by atoms with van der Waals surface area (Å²) >= 11 is 0. The number of hydrogen-bond donors (Lipinski definition) is 0. The number of rotatable bonds is 8. The largest absolute Gasteiger partial charge is 0.748 e. The molecule has 0 N–H and O–H groups in total. The van der Waals surface area contributed by atoms with Crippen LogP contribution in [0.1, 0.15) is 12.8 Å². The second-order valence-corrected chi connectivity index (χ2v) is 5.37. The topological polar surface area (TPSA) is 75.2 Å². The third-order valence-corrected chi connectivity index (χ3v) is 3.15. The fourth-order valence-electron chi connectivity index (χ4n) is 1.47. The van der Waals surface area contributed by atoms with Gasteiger partial charge in [0.1, 0.15) is 18.9 Å². The first kappa shape index (κ1) is 14.1. The van der Waals surface area contributed by atoms with Crippen LogP contribution in [0.25, 0.3) is 0 Å². The summed E-state index contributed by atoms with van der Waals surface area (Å²) < 4.78 is 40.1. The third kappa shape index (κ3) is 6.40. The van der Waals surface area contributed by atoms with E-state index in [1.54, 1.807) is 7.11 Å². The Balaban J connectivity index is 2.25. The Kier molecular flexibility index (Phi) is 5.60. The average Bonchev–Trinajstić information content (AvgIpc) is 2.68. The van der Waals surface area contributed by atoms with Crippen LogP contribution in [0.4, 0.5) is 0 Å². The van der Waals surface area contributed by atoms with E-state index in [0.29, 0.717) is 19.4 Å². The van der Waals surface area contributed by atoms with Crippen molar-refractivity contribution < 1.29 is 22.3 Å². The van der Waals surface area contributed by atoms with Gasteiger partial charge in [-0.3, -0.25) is 0 Å². The maximum absolute atomic E-state index is 10.4. The van der Waals surface area contributed by atoms with Gasteiger partial charge in [0.05, 0.1) is 23.3 Å². The summed E-state index contributed by atoms with van der Waals surface area (Å²) in [5, 5.41) is 0. The molecule has 0 aliphatic rings. The minimum atomic E-state index is -4.07. The van der Waals surface area contributed by atoms with E-state index < -0.39 is 10.1 Å². The van der Waals surface area contributed by atoms with Crippen LogP contribution in [-0.4, -0.2) is 37.0 Å². The Morgan fingerprint density at radius 2 is 2.18 bits per heavy atom. The van der Waals surface area contributed by atoms with Crippen molar-refractivity contribution in [3.63, 3.8) is 0 Å². The third-order valence-electron chi connectivity index (χ3n) is 2.36. The van der Waals surface area contributed by atoms with Gasteiger partial charge in [0, 0.05) is 12.9 Å². The molecule has 0 bridgehead atoms. The fourth-order valence-corrected chi connectivity index (χ4v) is 2.03. The van der Waals surface area contributed by atoms with Gasteiger partial charge in [0.2, 0.25) is 6.33 Å². The Morgan fingerprint density at radius 1 is 1.41 bits per heavy atom. The van der Waals surface area contributed by atoms with Crippen molar-refractivity contribution in [1.29, 1.82) is 0 Å². The highest BCUT2D eigenvalue weighted by molar-refractivity contribution is 7.85. The molecule has 7 heteroatoms. The van der Waals surface area contributed by atoms with Gasteiger partial charge in [-0.05, 0) is 12.8 Å². The van der Waals surface area contributed by atoms with E-state index in [1.165, 1.54) is 0 Å². The van der Waals surface area contributed by atoms with Crippen LogP contribution in [0.3, 0.4) is 0 Å². The molecule has 0 saturated carbocycles. The molecule has 0 amide bonds. The lowest BCUT2D eigenvalue weighted by atomic mass is 10.3. The SMILES string of the molecule is COCCn1cc[n+](CCCCS(=O)(=O)[O-])c1. The number of aryl methyl sites for hydroxylation is 1. The van der Waals surface area contributed by atoms with Crippen LogP contribution in [0, 0.1) is 0 Å². The molecule has 1 heterocycles. The molecule has 0 radical (unpaired) electrons. The first-order valence-corrected chi connectivity index (χ1v) is 7.06. The molecule has 0 saturated heterocycles. The molecule has 0 aromatic carbocycles. The van der Waals surface area contributed by atoms with E-state index in [0.717, 1.165) is 13.1 Å². The van der Waals surface area contributed by atoms with Crippen molar-refractivity contribution in [2.45, 2.75) is 25.9 Å². The van der Waals surface area contributed by atoms with Crippen LogP contribution in [0.5, 0.6) is 0 Å². The highest BCUT2D eigenvalue weighted by Gasteiger charge is 2.03. The van der Waals surface area contributed by atoms with Crippen LogP contribution < -0.4 is 4.57 Å². The van der Waals surface area contributed by atoms with E-state index in [-0.39, 0.29) is 5.75 Å². The maximum atomic E-state index is 10.4. The van der Waals surface area contributed by atoms with Crippen molar-refractivity contribution in [1.82, 2.24) is 4.57 Å². The number of unbranched alkanes of at least 4 members (excludes halogenated alkanes) is 1. The summed E-state index contributed by atoms with van der Waals surface area (Å²) in [4.78, 5) is 0. The Labute approximate surface area is 102 Å². The lowest BCUT2D eigenvalue weighted by molar-refractivity contribution is -0.696. The molecule has 0 aliphatic heterocycles. The first-order chi connectivity index (χ1) is 8.01. The smallest absolute Gasteiger partial charge is 0.243 e. The average molecular weight is 262 g/mol. The number of nitrogens with zero attached hydrogens (tertiary/aromatic N) is 2. The van der Waals surface area contributed by atoms with E-state index in [1.807, 2.05) is 27.9 Å². The van der Waals surface area contributed by atoms with Crippen LogP contribution in [-0.2, 0) is 27.9 Å². The normalized spacial score (nSPS) is 11.9. The summed E-state index contributed by atoms with van der Waals surface area (Å²) in [7, 11) is -2.41. The van der Waals surface area contributed by atoms with Gasteiger partial charge < -0.3 is 9.29 Å². The molecular formula is C10H18N2O4S. The van der Waals surface area contributed by atoms with Gasteiger partial charge in [-0.2, -0.15) is 0 Å². The zero-order valence-corrected chi connectivity index (χ0v) is 10.7. The zero-order valence-electron chi connectivity index (χ0n) is 9.91. The maximum Gasteiger partial charge on any atom is 0.243 e. The molecule has 1 aromatic heterocycles. The summed E-state index contributed by atoms with van der Waals surface area (Å²) in [5.41, 5.74) is 0. The van der Waals surface area contributed by atoms with Gasteiger partial charge in [-0.15, -0.1) is 0 Å². The van der Waals surface area contributed by atoms with Crippen molar-refractivity contribution in [3.05, 3.63) is 18.7 Å². The Morgan fingerprint density at radius 3 is 2.82 bits per heavy atom. The molecular weight excluding hydrogens is 244 g/mol. The van der Waals surface area contributed by atoms with Gasteiger partial charge in [-0.25, -0.2) is 17.6 Å². The minimum absolute atomic E-state index is 0.280. The molecule has 1 rings (SSSR count). The number of imidazole rings is 1. The number of aromatic nitrogens is 2. The predicted molar refractivity (Wildman–Crippen MR) is 60.3 cm³/mol. The van der Waals surface area contributed by atoms with Crippen LogP contribution in [0.2, 0.25) is 0 Å². The van der Waals surface area contributed by atoms with Gasteiger partial charge in [0.25, 0.3) is 0 Å². The molecule has 17 heavy (non-hydrogen) atoms. The van der Waals surface area contributed by atoms with Gasteiger partial charge >= 0.3 is 0 Å². The van der Waals surface area contributed by atoms with E-state index in [9.17, 15) is 13.0 Å². The quantitative estimate of drug-likeness (QED) is 0.368. The molecule has 0 spiro atoms. The van der Waals surface area contributed by atoms with Crippen LogP contribution in [0.15, 0.2) is 18.7 Å². The Bertz CT molecular complexity index is 427. The number of ether oxygens (including phenoxy) is 1. The summed E-state index contributed by atoms with van der Waals surface area (Å²) in [5.74, 6) is -0.280. The number of methoxy groups -OCH3 is 1. The van der Waals surface area contributed by atoms with Crippen molar-refractivity contribution >= 4 is 10.1 Å². The van der Waals surface area contributed by atoms with E-state index in [2.05, 4.69) is 0 Å². The Hall–Kier alpha value is -0.920. The fraction of sp³-hybridized carbons (Fsp3) is 0.700. The van der Waals surface area contributed by atoms with Gasteiger partial charge in [0.15, 0.2) is 0 Å². The van der Waals surface area contributed by atoms with Gasteiger partial charge in [-0.1, -0.05) is 0 Å². The second-order valence-electron chi connectivity index (χ2n) is 3.85. The summed E-state index contributed by atoms with van der Waals surface area (Å²) in [6.45, 7) is 2.16. The minimum Gasteiger partial charge on any atom is -0.748 e. The summed E-state index contributed by atoms with van der Waals surface area (Å²) in [6, 6.07) is 0. The van der Waals surface area contributed by atoms with Crippen LogP contribution >= 0.6 is 0 Å². The highest BCUT2D eigenvalue weighted by atomic mass is 32.2.